The summed E-state index contributed by atoms with van der Waals surface area (Å²) in [7, 11) is 0. The number of carbonyl (C=O) groups excluding carboxylic acids is 1. The molecule has 0 aliphatic carbocycles. The minimum Gasteiger partial charge on any atom is -0.478 e. The molecule has 0 saturated heterocycles. The van der Waals surface area contributed by atoms with E-state index in [0.29, 0.717) is 5.69 Å². The summed E-state index contributed by atoms with van der Waals surface area (Å²) in [6.45, 7) is 1.19. The van der Waals surface area contributed by atoms with E-state index in [1.807, 2.05) is 0 Å². The van der Waals surface area contributed by atoms with Gasteiger partial charge in [0.25, 0.3) is 0 Å². The number of aromatic carboxylic acids is 1. The van der Waals surface area contributed by atoms with Crippen LogP contribution < -0.4 is 4.74 Å². The van der Waals surface area contributed by atoms with Gasteiger partial charge in [-0.1, -0.05) is 0 Å². The van der Waals surface area contributed by atoms with E-state index >= 15 is 0 Å². The summed E-state index contributed by atoms with van der Waals surface area (Å²) in [5.41, 5.74) is 0.185. The van der Waals surface area contributed by atoms with Crippen LogP contribution in [0, 0.1) is 0 Å². The average molecular weight is 237 g/mol. The van der Waals surface area contributed by atoms with Crippen molar-refractivity contribution in [3.8, 4) is 5.75 Å². The maximum Gasteiger partial charge on any atom is 0.339 e. The highest BCUT2D eigenvalue weighted by molar-refractivity contribution is 7.78. The van der Waals surface area contributed by atoms with Gasteiger partial charge in [-0.2, -0.15) is 4.99 Å². The van der Waals surface area contributed by atoms with Crippen LogP contribution in [0.5, 0.6) is 5.75 Å². The van der Waals surface area contributed by atoms with Crippen LogP contribution in [0.15, 0.2) is 23.2 Å². The molecule has 0 aromatic heterocycles. The minimum absolute atomic E-state index is 0.0247. The first kappa shape index (κ1) is 12.0. The topological polar surface area (TPSA) is 76.0 Å². The Balaban J connectivity index is 3.24. The maximum absolute atomic E-state index is 10.9. The fraction of sp³-hybridized carbons (Fsp3) is 0.100. The van der Waals surface area contributed by atoms with Crippen molar-refractivity contribution in [2.24, 2.45) is 4.99 Å². The van der Waals surface area contributed by atoms with Gasteiger partial charge in [0.15, 0.2) is 0 Å². The van der Waals surface area contributed by atoms with Gasteiger partial charge in [-0.05, 0) is 30.4 Å². The fourth-order valence-electron chi connectivity index (χ4n) is 1.05. The Labute approximate surface area is 96.4 Å². The number of ether oxygens (including phenoxy) is 1. The number of carboxylic acid groups (broad SMARTS) is 1. The highest BCUT2D eigenvalue weighted by Gasteiger charge is 2.13. The highest BCUT2D eigenvalue weighted by Crippen LogP contribution is 2.24. The van der Waals surface area contributed by atoms with Crippen LogP contribution in [0.1, 0.15) is 17.3 Å². The molecule has 0 fully saturated rings. The molecule has 6 heteroatoms. The molecule has 0 aliphatic heterocycles. The highest BCUT2D eigenvalue weighted by atomic mass is 32.1. The molecule has 0 atom stereocenters. The molecule has 1 aromatic rings. The largest absolute Gasteiger partial charge is 0.478 e. The van der Waals surface area contributed by atoms with E-state index in [0.717, 1.165) is 0 Å². The molecule has 0 unspecified atom stereocenters. The first-order chi connectivity index (χ1) is 7.54. The fourth-order valence-corrected chi connectivity index (χ4v) is 1.16. The Morgan fingerprint density at radius 2 is 2.19 bits per heavy atom. The molecule has 0 saturated carbocycles. The number of thiocarbonyl (C=S) groups is 1. The predicted molar refractivity (Wildman–Crippen MR) is 59.4 cm³/mol. The van der Waals surface area contributed by atoms with Crippen molar-refractivity contribution in [2.45, 2.75) is 6.92 Å². The van der Waals surface area contributed by atoms with E-state index < -0.39 is 11.9 Å². The standard InChI is InChI=1S/C10H7NO4S/c1-6(12)15-9-3-2-7(11-5-16)4-8(9)10(13)14/h2-4H,1H3,(H,13,14). The molecular weight excluding hydrogens is 230 g/mol. The number of nitrogens with zero attached hydrogens (tertiary/aromatic N) is 1. The molecule has 16 heavy (non-hydrogen) atoms. The Hall–Kier alpha value is -2.04. The second-order valence-electron chi connectivity index (χ2n) is 2.78. The van der Waals surface area contributed by atoms with Gasteiger partial charge in [-0.15, -0.1) is 0 Å². The lowest BCUT2D eigenvalue weighted by Crippen LogP contribution is -2.07. The molecule has 0 radical (unpaired) electrons. The first-order valence-corrected chi connectivity index (χ1v) is 4.59. The number of aliphatic imine (C=N–C) groups is 1. The smallest absolute Gasteiger partial charge is 0.339 e. The van der Waals surface area contributed by atoms with Crippen molar-refractivity contribution in [3.05, 3.63) is 23.8 Å². The van der Waals surface area contributed by atoms with E-state index in [1.54, 1.807) is 0 Å². The summed E-state index contributed by atoms with van der Waals surface area (Å²) in [5, 5.41) is 11.0. The molecule has 1 rings (SSSR count). The van der Waals surface area contributed by atoms with Crippen LogP contribution in [-0.2, 0) is 4.79 Å². The molecule has 1 N–H and O–H groups in total. The zero-order valence-corrected chi connectivity index (χ0v) is 9.08. The lowest BCUT2D eigenvalue weighted by molar-refractivity contribution is -0.131. The molecule has 0 aliphatic rings. The third kappa shape index (κ3) is 2.98. The van der Waals surface area contributed by atoms with Gasteiger partial charge in [0.1, 0.15) is 11.3 Å². The van der Waals surface area contributed by atoms with Gasteiger partial charge in [0.05, 0.1) is 10.8 Å². The van der Waals surface area contributed by atoms with Crippen LogP contribution in [-0.4, -0.2) is 22.2 Å². The van der Waals surface area contributed by atoms with Gasteiger partial charge in [0.2, 0.25) is 0 Å². The van der Waals surface area contributed by atoms with Crippen molar-refractivity contribution < 1.29 is 19.4 Å². The SMILES string of the molecule is CC(=O)Oc1ccc(N=C=S)cc1C(=O)O. The zero-order chi connectivity index (χ0) is 12.1. The van der Waals surface area contributed by atoms with Crippen molar-refractivity contribution in [1.82, 2.24) is 0 Å². The summed E-state index contributed by atoms with van der Waals surface area (Å²) in [6.07, 6.45) is 0. The molecule has 5 nitrogen and oxygen atoms in total. The third-order valence-corrected chi connectivity index (χ3v) is 1.71. The molecule has 0 amide bonds. The Kier molecular flexibility index (Phi) is 3.88. The van der Waals surface area contributed by atoms with Crippen LogP contribution >= 0.6 is 12.2 Å². The summed E-state index contributed by atoms with van der Waals surface area (Å²) >= 11 is 4.40. The summed E-state index contributed by atoms with van der Waals surface area (Å²) in [6, 6.07) is 4.07. The van der Waals surface area contributed by atoms with Gasteiger partial charge in [-0.25, -0.2) is 4.79 Å². The first-order valence-electron chi connectivity index (χ1n) is 4.18. The summed E-state index contributed by atoms with van der Waals surface area (Å²) in [4.78, 5) is 25.2. The molecule has 0 heterocycles. The number of hydrogen-bond acceptors (Lipinski definition) is 5. The lowest BCUT2D eigenvalue weighted by atomic mass is 10.2. The normalized spacial score (nSPS) is 9.06. The van der Waals surface area contributed by atoms with Gasteiger partial charge >= 0.3 is 11.9 Å². The monoisotopic (exact) mass is 237 g/mol. The Bertz CT molecular complexity index is 492. The number of hydrogen-bond donors (Lipinski definition) is 1. The zero-order valence-electron chi connectivity index (χ0n) is 8.26. The Morgan fingerprint density at radius 1 is 1.50 bits per heavy atom. The van der Waals surface area contributed by atoms with Crippen molar-refractivity contribution >= 4 is 35.0 Å². The predicted octanol–water partition coefficient (Wildman–Crippen LogP) is 2.04. The van der Waals surface area contributed by atoms with Gasteiger partial charge in [-0.3, -0.25) is 4.79 Å². The number of esters is 1. The second kappa shape index (κ2) is 5.16. The number of benzene rings is 1. The quantitative estimate of drug-likeness (QED) is 0.377. The van der Waals surface area contributed by atoms with Crippen molar-refractivity contribution in [3.63, 3.8) is 0 Å². The van der Waals surface area contributed by atoms with Crippen molar-refractivity contribution in [2.75, 3.05) is 0 Å². The summed E-state index contributed by atoms with van der Waals surface area (Å²) < 4.78 is 4.73. The second-order valence-corrected chi connectivity index (χ2v) is 2.96. The molecule has 0 spiro atoms. The van der Waals surface area contributed by atoms with E-state index in [1.165, 1.54) is 25.1 Å². The number of rotatable bonds is 3. The van der Waals surface area contributed by atoms with E-state index in [-0.39, 0.29) is 11.3 Å². The van der Waals surface area contributed by atoms with E-state index in [4.69, 9.17) is 9.84 Å². The lowest BCUT2D eigenvalue weighted by Gasteiger charge is -2.05. The average Bonchev–Trinajstić information content (AvgIpc) is 2.19. The van der Waals surface area contributed by atoms with Crippen LogP contribution in [0.4, 0.5) is 5.69 Å². The maximum atomic E-state index is 10.9. The van der Waals surface area contributed by atoms with Crippen LogP contribution in [0.3, 0.4) is 0 Å². The number of isothiocyanates is 1. The van der Waals surface area contributed by atoms with Crippen LogP contribution in [0.25, 0.3) is 0 Å². The van der Waals surface area contributed by atoms with Crippen molar-refractivity contribution in [1.29, 1.82) is 0 Å². The number of carbonyl (C=O) groups is 2. The minimum atomic E-state index is -1.21. The van der Waals surface area contributed by atoms with E-state index in [9.17, 15) is 9.59 Å². The van der Waals surface area contributed by atoms with Crippen LogP contribution in [0.2, 0.25) is 0 Å². The number of carboxylic acids is 1. The molecule has 82 valence electrons. The van der Waals surface area contributed by atoms with E-state index in [2.05, 4.69) is 22.4 Å². The summed E-state index contributed by atoms with van der Waals surface area (Å²) in [5.74, 6) is -1.82. The molecular formula is C10H7NO4S. The Morgan fingerprint density at radius 3 is 2.69 bits per heavy atom. The van der Waals surface area contributed by atoms with Gasteiger partial charge in [0, 0.05) is 6.92 Å². The van der Waals surface area contributed by atoms with Gasteiger partial charge < -0.3 is 9.84 Å². The molecule has 0 bridgehead atoms. The third-order valence-electron chi connectivity index (χ3n) is 1.62. The molecule has 1 aromatic carbocycles.